The Labute approximate surface area is 147 Å². The summed E-state index contributed by atoms with van der Waals surface area (Å²) in [6.07, 6.45) is 2.45. The number of carbonyl (C=O) groups excluding carboxylic acids is 1. The van der Waals surface area contributed by atoms with Crippen LogP contribution in [0.4, 0.5) is 5.69 Å². The standard InChI is InChI=1S/C19H23N3O3/c1-24-17-4-2-15(3-5-17)6-8-21-19(23)18-14-16(7-9-20-18)22-10-12-25-13-11-22/h2-5,7,9,14H,6,8,10-13H2,1H3,(H,21,23). The molecule has 25 heavy (non-hydrogen) atoms. The molecule has 1 aromatic carbocycles. The van der Waals surface area contributed by atoms with Crippen LogP contribution in [0.2, 0.25) is 0 Å². The van der Waals surface area contributed by atoms with Gasteiger partial charge in [-0.25, -0.2) is 0 Å². The van der Waals surface area contributed by atoms with Gasteiger partial charge in [0.05, 0.1) is 20.3 Å². The fourth-order valence-electron chi connectivity index (χ4n) is 2.76. The summed E-state index contributed by atoms with van der Waals surface area (Å²) in [6.45, 7) is 3.66. The normalized spacial score (nSPS) is 14.2. The Morgan fingerprint density at radius 3 is 2.72 bits per heavy atom. The first-order valence-corrected chi connectivity index (χ1v) is 8.46. The van der Waals surface area contributed by atoms with Gasteiger partial charge >= 0.3 is 0 Å². The van der Waals surface area contributed by atoms with Crippen LogP contribution in [0.5, 0.6) is 5.75 Å². The van der Waals surface area contributed by atoms with Crippen LogP contribution in [-0.4, -0.2) is 50.8 Å². The third-order valence-electron chi connectivity index (χ3n) is 4.21. The zero-order valence-electron chi connectivity index (χ0n) is 14.4. The van der Waals surface area contributed by atoms with Gasteiger partial charge in [-0.1, -0.05) is 12.1 Å². The third-order valence-corrected chi connectivity index (χ3v) is 4.21. The SMILES string of the molecule is COc1ccc(CCNC(=O)c2cc(N3CCOCC3)ccn2)cc1. The van der Waals surface area contributed by atoms with Gasteiger partial charge < -0.3 is 19.7 Å². The van der Waals surface area contributed by atoms with Crippen LogP contribution in [0, 0.1) is 0 Å². The predicted molar refractivity (Wildman–Crippen MR) is 96.3 cm³/mol. The van der Waals surface area contributed by atoms with Gasteiger partial charge in [-0.05, 0) is 36.2 Å². The van der Waals surface area contributed by atoms with E-state index in [0.717, 1.165) is 36.5 Å². The van der Waals surface area contributed by atoms with Gasteiger partial charge in [0.1, 0.15) is 11.4 Å². The zero-order valence-corrected chi connectivity index (χ0v) is 14.4. The lowest BCUT2D eigenvalue weighted by atomic mass is 10.1. The second kappa shape index (κ2) is 8.48. The largest absolute Gasteiger partial charge is 0.497 e. The summed E-state index contributed by atoms with van der Waals surface area (Å²) in [5, 5.41) is 2.93. The van der Waals surface area contributed by atoms with Crippen LogP contribution >= 0.6 is 0 Å². The van der Waals surface area contributed by atoms with Crippen molar-refractivity contribution in [2.45, 2.75) is 6.42 Å². The van der Waals surface area contributed by atoms with E-state index >= 15 is 0 Å². The smallest absolute Gasteiger partial charge is 0.269 e. The van der Waals surface area contributed by atoms with Gasteiger partial charge in [-0.2, -0.15) is 0 Å². The number of methoxy groups -OCH3 is 1. The van der Waals surface area contributed by atoms with Crippen LogP contribution in [0.15, 0.2) is 42.6 Å². The molecule has 132 valence electrons. The second-order valence-corrected chi connectivity index (χ2v) is 5.85. The number of amides is 1. The van der Waals surface area contributed by atoms with Gasteiger partial charge in [0.25, 0.3) is 5.91 Å². The molecule has 1 aliphatic rings. The molecule has 1 aliphatic heterocycles. The highest BCUT2D eigenvalue weighted by Gasteiger charge is 2.14. The Morgan fingerprint density at radius 1 is 1.24 bits per heavy atom. The molecular formula is C19H23N3O3. The van der Waals surface area contributed by atoms with Crippen LogP contribution < -0.4 is 15.0 Å². The third kappa shape index (κ3) is 4.70. The lowest BCUT2D eigenvalue weighted by Crippen LogP contribution is -2.36. The number of ether oxygens (including phenoxy) is 2. The molecule has 1 N–H and O–H groups in total. The minimum Gasteiger partial charge on any atom is -0.497 e. The average molecular weight is 341 g/mol. The molecule has 0 unspecified atom stereocenters. The first-order valence-electron chi connectivity index (χ1n) is 8.46. The van der Waals surface area contributed by atoms with E-state index in [-0.39, 0.29) is 5.91 Å². The molecule has 1 amide bonds. The van der Waals surface area contributed by atoms with E-state index in [1.807, 2.05) is 36.4 Å². The van der Waals surface area contributed by atoms with E-state index in [9.17, 15) is 4.79 Å². The number of anilines is 1. The molecule has 0 spiro atoms. The maximum atomic E-state index is 12.3. The Morgan fingerprint density at radius 2 is 2.00 bits per heavy atom. The number of nitrogens with zero attached hydrogens (tertiary/aromatic N) is 2. The number of benzene rings is 1. The van der Waals surface area contributed by atoms with Crippen LogP contribution in [0.3, 0.4) is 0 Å². The molecule has 0 aliphatic carbocycles. The molecule has 0 bridgehead atoms. The fraction of sp³-hybridized carbons (Fsp3) is 0.368. The Balaban J connectivity index is 1.53. The highest BCUT2D eigenvalue weighted by Crippen LogP contribution is 2.16. The Bertz CT molecular complexity index is 697. The van der Waals surface area contributed by atoms with E-state index in [4.69, 9.17) is 9.47 Å². The van der Waals surface area contributed by atoms with E-state index in [2.05, 4.69) is 15.2 Å². The highest BCUT2D eigenvalue weighted by molar-refractivity contribution is 5.93. The van der Waals surface area contributed by atoms with Gasteiger partial charge in [0.2, 0.25) is 0 Å². The van der Waals surface area contributed by atoms with Gasteiger partial charge in [-0.15, -0.1) is 0 Å². The van der Waals surface area contributed by atoms with Crippen molar-refractivity contribution in [2.24, 2.45) is 0 Å². The number of morpholine rings is 1. The van der Waals surface area contributed by atoms with Crippen molar-refractivity contribution in [1.82, 2.24) is 10.3 Å². The minimum absolute atomic E-state index is 0.149. The number of hydrogen-bond acceptors (Lipinski definition) is 5. The summed E-state index contributed by atoms with van der Waals surface area (Å²) in [4.78, 5) is 18.7. The van der Waals surface area contributed by atoms with Crippen molar-refractivity contribution in [2.75, 3.05) is 44.9 Å². The summed E-state index contributed by atoms with van der Waals surface area (Å²) < 4.78 is 10.5. The Kier molecular flexibility index (Phi) is 5.85. The van der Waals surface area contributed by atoms with Crippen molar-refractivity contribution >= 4 is 11.6 Å². The van der Waals surface area contributed by atoms with Crippen molar-refractivity contribution in [1.29, 1.82) is 0 Å². The molecule has 2 aromatic rings. The maximum Gasteiger partial charge on any atom is 0.269 e. The molecule has 0 radical (unpaired) electrons. The van der Waals surface area contributed by atoms with Crippen molar-refractivity contribution in [3.8, 4) is 5.75 Å². The Hall–Kier alpha value is -2.60. The molecule has 6 heteroatoms. The minimum atomic E-state index is -0.149. The van der Waals surface area contributed by atoms with Crippen molar-refractivity contribution in [3.63, 3.8) is 0 Å². The number of rotatable bonds is 6. The lowest BCUT2D eigenvalue weighted by molar-refractivity contribution is 0.0949. The highest BCUT2D eigenvalue weighted by atomic mass is 16.5. The van der Waals surface area contributed by atoms with Crippen LogP contribution in [0.1, 0.15) is 16.1 Å². The molecule has 1 fully saturated rings. The predicted octanol–water partition coefficient (Wildman–Crippen LogP) is 1.90. The summed E-state index contributed by atoms with van der Waals surface area (Å²) in [5.74, 6) is 0.681. The number of nitrogens with one attached hydrogen (secondary N) is 1. The number of hydrogen-bond donors (Lipinski definition) is 1. The van der Waals surface area contributed by atoms with E-state index < -0.39 is 0 Å². The van der Waals surface area contributed by atoms with Crippen LogP contribution in [0.25, 0.3) is 0 Å². The molecule has 6 nitrogen and oxygen atoms in total. The molecule has 1 aromatic heterocycles. The molecule has 2 heterocycles. The van der Waals surface area contributed by atoms with E-state index in [1.165, 1.54) is 0 Å². The lowest BCUT2D eigenvalue weighted by Gasteiger charge is -2.28. The summed E-state index contributed by atoms with van der Waals surface area (Å²) in [7, 11) is 1.65. The molecular weight excluding hydrogens is 318 g/mol. The number of aromatic nitrogens is 1. The first-order chi connectivity index (χ1) is 12.3. The monoisotopic (exact) mass is 341 g/mol. The molecule has 0 saturated carbocycles. The zero-order chi connectivity index (χ0) is 17.5. The van der Waals surface area contributed by atoms with Crippen molar-refractivity contribution < 1.29 is 14.3 Å². The van der Waals surface area contributed by atoms with E-state index in [1.54, 1.807) is 13.3 Å². The van der Waals surface area contributed by atoms with E-state index in [0.29, 0.717) is 25.5 Å². The number of pyridine rings is 1. The average Bonchev–Trinajstić information content (AvgIpc) is 2.69. The maximum absolute atomic E-state index is 12.3. The van der Waals surface area contributed by atoms with Crippen LogP contribution in [-0.2, 0) is 11.2 Å². The van der Waals surface area contributed by atoms with Gasteiger partial charge in [0.15, 0.2) is 0 Å². The molecule has 1 saturated heterocycles. The van der Waals surface area contributed by atoms with Gasteiger partial charge in [-0.3, -0.25) is 9.78 Å². The van der Waals surface area contributed by atoms with Crippen molar-refractivity contribution in [3.05, 3.63) is 53.9 Å². The first kappa shape index (κ1) is 17.2. The fourth-order valence-corrected chi connectivity index (χ4v) is 2.76. The topological polar surface area (TPSA) is 63.7 Å². The number of carbonyl (C=O) groups is 1. The summed E-state index contributed by atoms with van der Waals surface area (Å²) in [5.41, 5.74) is 2.61. The van der Waals surface area contributed by atoms with Gasteiger partial charge in [0, 0.05) is 31.5 Å². The quantitative estimate of drug-likeness (QED) is 0.869. The summed E-state index contributed by atoms with van der Waals surface area (Å²) >= 11 is 0. The molecule has 0 atom stereocenters. The second-order valence-electron chi connectivity index (χ2n) is 5.85. The summed E-state index contributed by atoms with van der Waals surface area (Å²) in [6, 6.07) is 11.6. The molecule has 3 rings (SSSR count).